The van der Waals surface area contributed by atoms with Crippen LogP contribution in [0.25, 0.3) is 0 Å². The van der Waals surface area contributed by atoms with Crippen molar-refractivity contribution in [2.75, 3.05) is 12.3 Å². The lowest BCUT2D eigenvalue weighted by Crippen LogP contribution is -2.30. The highest BCUT2D eigenvalue weighted by Crippen LogP contribution is 2.23. The highest BCUT2D eigenvalue weighted by molar-refractivity contribution is 7.12. The van der Waals surface area contributed by atoms with E-state index in [-0.39, 0.29) is 5.91 Å². The van der Waals surface area contributed by atoms with Crippen LogP contribution in [0.5, 0.6) is 0 Å². The van der Waals surface area contributed by atoms with Crippen LogP contribution in [-0.4, -0.2) is 17.4 Å². The van der Waals surface area contributed by atoms with Gasteiger partial charge in [0.1, 0.15) is 4.88 Å². The average molecular weight is 295 g/mol. The lowest BCUT2D eigenvalue weighted by atomic mass is 10.2. The molecule has 0 fully saturated rings. The Morgan fingerprint density at radius 1 is 1.37 bits per heavy atom. The van der Waals surface area contributed by atoms with Gasteiger partial charge in [0.15, 0.2) is 0 Å². The van der Waals surface area contributed by atoms with Crippen LogP contribution in [0.1, 0.15) is 22.2 Å². The molecule has 100 valence electrons. The van der Waals surface area contributed by atoms with Crippen LogP contribution in [0.3, 0.4) is 0 Å². The van der Waals surface area contributed by atoms with Crippen molar-refractivity contribution >= 4 is 34.5 Å². The molecular weight excluding hydrogens is 280 g/mol. The van der Waals surface area contributed by atoms with Crippen molar-refractivity contribution in [3.8, 4) is 0 Å². The Bertz CT molecular complexity index is 582. The summed E-state index contributed by atoms with van der Waals surface area (Å²) in [5.74, 6) is -0.0464. The van der Waals surface area contributed by atoms with Crippen LogP contribution in [0.2, 0.25) is 5.02 Å². The van der Waals surface area contributed by atoms with Gasteiger partial charge in [0, 0.05) is 18.1 Å². The third-order valence-electron chi connectivity index (χ3n) is 2.88. The van der Waals surface area contributed by atoms with Gasteiger partial charge < -0.3 is 10.6 Å². The van der Waals surface area contributed by atoms with Crippen molar-refractivity contribution in [1.82, 2.24) is 4.90 Å². The number of rotatable bonds is 4. The number of hydrogen-bond donors (Lipinski definition) is 1. The maximum Gasteiger partial charge on any atom is 0.266 e. The third-order valence-corrected chi connectivity index (χ3v) is 4.16. The van der Waals surface area contributed by atoms with Crippen LogP contribution < -0.4 is 5.73 Å². The molecule has 0 atom stereocenters. The second-order valence-electron chi connectivity index (χ2n) is 4.12. The Balaban J connectivity index is 2.20. The summed E-state index contributed by atoms with van der Waals surface area (Å²) in [6, 6.07) is 9.30. The average Bonchev–Trinajstić information content (AvgIpc) is 2.83. The number of nitrogens with two attached hydrogens (primary N) is 1. The Kier molecular flexibility index (Phi) is 4.45. The van der Waals surface area contributed by atoms with E-state index >= 15 is 0 Å². The summed E-state index contributed by atoms with van der Waals surface area (Å²) in [7, 11) is 0. The summed E-state index contributed by atoms with van der Waals surface area (Å²) in [5, 5.41) is 2.50. The number of anilines is 1. The van der Waals surface area contributed by atoms with E-state index < -0.39 is 0 Å². The molecule has 2 rings (SSSR count). The van der Waals surface area contributed by atoms with E-state index in [1.807, 2.05) is 36.6 Å². The highest BCUT2D eigenvalue weighted by atomic mass is 35.5. The molecule has 1 aromatic carbocycles. The first-order valence-electron chi connectivity index (χ1n) is 5.99. The second kappa shape index (κ2) is 6.08. The molecule has 0 spiro atoms. The third kappa shape index (κ3) is 3.08. The van der Waals surface area contributed by atoms with E-state index in [9.17, 15) is 4.79 Å². The van der Waals surface area contributed by atoms with Crippen molar-refractivity contribution in [2.24, 2.45) is 0 Å². The molecule has 2 aromatic rings. The molecule has 0 aliphatic rings. The quantitative estimate of drug-likeness (QED) is 0.935. The van der Waals surface area contributed by atoms with Gasteiger partial charge in [-0.1, -0.05) is 29.8 Å². The van der Waals surface area contributed by atoms with Crippen LogP contribution >= 0.6 is 22.9 Å². The zero-order chi connectivity index (χ0) is 13.8. The molecule has 1 amide bonds. The maximum atomic E-state index is 12.4. The molecule has 0 radical (unpaired) electrons. The number of halogens is 1. The normalized spacial score (nSPS) is 10.4. The minimum atomic E-state index is -0.0464. The number of benzene rings is 1. The van der Waals surface area contributed by atoms with Gasteiger partial charge in [0.05, 0.1) is 5.69 Å². The lowest BCUT2D eigenvalue weighted by molar-refractivity contribution is 0.0758. The fourth-order valence-electron chi connectivity index (χ4n) is 1.80. The van der Waals surface area contributed by atoms with Crippen molar-refractivity contribution in [2.45, 2.75) is 13.5 Å². The molecule has 0 bridgehead atoms. The van der Waals surface area contributed by atoms with Gasteiger partial charge in [0.25, 0.3) is 5.91 Å². The molecule has 0 unspecified atom stereocenters. The van der Waals surface area contributed by atoms with Gasteiger partial charge in [-0.15, -0.1) is 11.3 Å². The van der Waals surface area contributed by atoms with Gasteiger partial charge in [-0.25, -0.2) is 0 Å². The van der Waals surface area contributed by atoms with Gasteiger partial charge in [0.2, 0.25) is 0 Å². The first kappa shape index (κ1) is 13.9. The molecule has 0 saturated carbocycles. The van der Waals surface area contributed by atoms with E-state index in [4.69, 9.17) is 17.3 Å². The summed E-state index contributed by atoms with van der Waals surface area (Å²) in [4.78, 5) is 14.7. The van der Waals surface area contributed by atoms with Crippen molar-refractivity contribution in [3.05, 3.63) is 51.2 Å². The molecule has 5 heteroatoms. The molecule has 1 aromatic heterocycles. The number of carbonyl (C=O) groups excluding carboxylic acids is 1. The fraction of sp³-hybridized carbons (Fsp3) is 0.214. The van der Waals surface area contributed by atoms with Gasteiger partial charge in [-0.05, 0) is 30.0 Å². The zero-order valence-electron chi connectivity index (χ0n) is 10.6. The van der Waals surface area contributed by atoms with Crippen LogP contribution in [0, 0.1) is 0 Å². The lowest BCUT2D eigenvalue weighted by Gasteiger charge is -2.21. The monoisotopic (exact) mass is 294 g/mol. The molecule has 1 heterocycles. The summed E-state index contributed by atoms with van der Waals surface area (Å²) in [6.07, 6.45) is 0. The van der Waals surface area contributed by atoms with E-state index in [2.05, 4.69) is 0 Å². The fourth-order valence-corrected chi connectivity index (χ4v) is 2.78. The number of nitrogens with zero attached hydrogens (tertiary/aromatic N) is 1. The SMILES string of the molecule is CCN(Cc1ccccc1Cl)C(=O)c1sccc1N. The van der Waals surface area contributed by atoms with Gasteiger partial charge in [-0.3, -0.25) is 4.79 Å². The maximum absolute atomic E-state index is 12.4. The number of nitrogen functional groups attached to an aromatic ring is 1. The summed E-state index contributed by atoms with van der Waals surface area (Å²) in [5.41, 5.74) is 7.27. The first-order valence-corrected chi connectivity index (χ1v) is 7.25. The van der Waals surface area contributed by atoms with Crippen molar-refractivity contribution < 1.29 is 4.79 Å². The number of carbonyl (C=O) groups is 1. The topological polar surface area (TPSA) is 46.3 Å². The summed E-state index contributed by atoms with van der Waals surface area (Å²) in [6.45, 7) is 3.05. The highest BCUT2D eigenvalue weighted by Gasteiger charge is 2.18. The van der Waals surface area contributed by atoms with Gasteiger partial charge in [-0.2, -0.15) is 0 Å². The molecular formula is C14H15ClN2OS. The Labute approximate surface area is 121 Å². The minimum Gasteiger partial charge on any atom is -0.397 e. The summed E-state index contributed by atoms with van der Waals surface area (Å²) >= 11 is 7.49. The van der Waals surface area contributed by atoms with E-state index in [1.54, 1.807) is 11.0 Å². The van der Waals surface area contributed by atoms with E-state index in [0.717, 1.165) is 5.56 Å². The number of thiophene rings is 1. The standard InChI is InChI=1S/C14H15ClN2OS/c1-2-17(9-10-5-3-4-6-11(10)15)14(18)13-12(16)7-8-19-13/h3-8H,2,9,16H2,1H3. The smallest absolute Gasteiger partial charge is 0.266 e. The number of hydrogen-bond acceptors (Lipinski definition) is 3. The predicted molar refractivity (Wildman–Crippen MR) is 80.6 cm³/mol. The second-order valence-corrected chi connectivity index (χ2v) is 5.44. The number of amides is 1. The minimum absolute atomic E-state index is 0.0464. The largest absolute Gasteiger partial charge is 0.397 e. The Hall–Kier alpha value is -1.52. The molecule has 2 N–H and O–H groups in total. The Morgan fingerprint density at radius 3 is 2.68 bits per heavy atom. The molecule has 3 nitrogen and oxygen atoms in total. The Morgan fingerprint density at radius 2 is 2.11 bits per heavy atom. The van der Waals surface area contributed by atoms with Gasteiger partial charge >= 0.3 is 0 Å². The van der Waals surface area contributed by atoms with Crippen molar-refractivity contribution in [1.29, 1.82) is 0 Å². The van der Waals surface area contributed by atoms with E-state index in [0.29, 0.717) is 28.7 Å². The molecule has 19 heavy (non-hydrogen) atoms. The van der Waals surface area contributed by atoms with Crippen LogP contribution in [-0.2, 0) is 6.54 Å². The first-order chi connectivity index (χ1) is 9.13. The molecule has 0 aliphatic heterocycles. The van der Waals surface area contributed by atoms with Crippen LogP contribution in [0.4, 0.5) is 5.69 Å². The molecule has 0 aliphatic carbocycles. The summed E-state index contributed by atoms with van der Waals surface area (Å²) < 4.78 is 0. The zero-order valence-corrected chi connectivity index (χ0v) is 12.2. The predicted octanol–water partition coefficient (Wildman–Crippen LogP) is 3.65. The van der Waals surface area contributed by atoms with Crippen molar-refractivity contribution in [3.63, 3.8) is 0 Å². The van der Waals surface area contributed by atoms with Crippen LogP contribution in [0.15, 0.2) is 35.7 Å². The molecule has 0 saturated heterocycles. The van der Waals surface area contributed by atoms with E-state index in [1.165, 1.54) is 11.3 Å².